The van der Waals surface area contributed by atoms with E-state index >= 15 is 0 Å². The van der Waals surface area contributed by atoms with Crippen molar-refractivity contribution in [3.05, 3.63) is 60.5 Å². The fourth-order valence-corrected chi connectivity index (χ4v) is 3.02. The van der Waals surface area contributed by atoms with Crippen LogP contribution in [0.15, 0.2) is 43.4 Å². The molecule has 3 rings (SSSR count). The van der Waals surface area contributed by atoms with Gasteiger partial charge in [-0.05, 0) is 12.1 Å². The zero-order valence-electron chi connectivity index (χ0n) is 13.0. The van der Waals surface area contributed by atoms with Crippen LogP contribution in [-0.2, 0) is 24.8 Å². The number of ether oxygens (including phenoxy) is 1. The van der Waals surface area contributed by atoms with Crippen LogP contribution < -0.4 is 0 Å². The maximum absolute atomic E-state index is 5.75. The van der Waals surface area contributed by atoms with Crippen molar-refractivity contribution in [2.45, 2.75) is 19.0 Å². The number of hydrogen-bond acceptors (Lipinski definition) is 4. The summed E-state index contributed by atoms with van der Waals surface area (Å²) in [6, 6.07) is 6.26. The third-order valence-corrected chi connectivity index (χ3v) is 4.06. The molecule has 5 nitrogen and oxygen atoms in total. The summed E-state index contributed by atoms with van der Waals surface area (Å²) in [6.45, 7) is 6.73. The van der Waals surface area contributed by atoms with Crippen LogP contribution in [0, 0.1) is 0 Å². The van der Waals surface area contributed by atoms with Crippen molar-refractivity contribution in [2.24, 2.45) is 7.05 Å². The summed E-state index contributed by atoms with van der Waals surface area (Å²) >= 11 is 0. The molecule has 22 heavy (non-hydrogen) atoms. The normalized spacial score (nSPS) is 18.1. The van der Waals surface area contributed by atoms with E-state index in [2.05, 4.69) is 39.1 Å². The molecule has 0 aromatic carbocycles. The zero-order chi connectivity index (χ0) is 15.4. The standard InChI is InChI=1S/C17H22N4O/c1-3-10-22-12-16-17-15(19-13-20(17)2)7-9-21(16)11-14-6-4-5-8-18-14/h3-6,8,13,16H,1,7,9-12H2,2H3/t16-/m0/s1. The Morgan fingerprint density at radius 2 is 2.32 bits per heavy atom. The monoisotopic (exact) mass is 298 g/mol. The Labute approximate surface area is 131 Å². The van der Waals surface area contributed by atoms with Crippen LogP contribution in [0.5, 0.6) is 0 Å². The molecule has 0 N–H and O–H groups in total. The maximum Gasteiger partial charge on any atom is 0.0949 e. The van der Waals surface area contributed by atoms with Gasteiger partial charge in [0.2, 0.25) is 0 Å². The van der Waals surface area contributed by atoms with Crippen molar-refractivity contribution in [2.75, 3.05) is 19.8 Å². The molecule has 1 aliphatic heterocycles. The molecule has 5 heteroatoms. The van der Waals surface area contributed by atoms with Gasteiger partial charge in [0.05, 0.1) is 42.7 Å². The Morgan fingerprint density at radius 3 is 3.09 bits per heavy atom. The van der Waals surface area contributed by atoms with Crippen molar-refractivity contribution in [1.29, 1.82) is 0 Å². The number of imidazole rings is 1. The van der Waals surface area contributed by atoms with E-state index in [0.29, 0.717) is 13.2 Å². The summed E-state index contributed by atoms with van der Waals surface area (Å²) in [6.07, 6.45) is 6.50. The minimum atomic E-state index is 0.207. The number of aromatic nitrogens is 3. The smallest absolute Gasteiger partial charge is 0.0949 e. The van der Waals surface area contributed by atoms with Crippen molar-refractivity contribution in [3.8, 4) is 0 Å². The highest BCUT2D eigenvalue weighted by Gasteiger charge is 2.31. The SMILES string of the molecule is C=CCOC[C@H]1c2c(ncn2C)CCN1Cc1ccccn1. The molecular formula is C17H22N4O. The van der Waals surface area contributed by atoms with Crippen LogP contribution in [0.1, 0.15) is 23.1 Å². The molecule has 116 valence electrons. The van der Waals surface area contributed by atoms with Crippen LogP contribution in [-0.4, -0.2) is 39.2 Å². The first-order valence-electron chi connectivity index (χ1n) is 7.62. The second-order valence-corrected chi connectivity index (χ2v) is 5.57. The quantitative estimate of drug-likeness (QED) is 0.605. The predicted molar refractivity (Wildman–Crippen MR) is 85.3 cm³/mol. The average molecular weight is 298 g/mol. The predicted octanol–water partition coefficient (Wildman–Crippen LogP) is 2.12. The zero-order valence-corrected chi connectivity index (χ0v) is 13.0. The van der Waals surface area contributed by atoms with Crippen LogP contribution in [0.25, 0.3) is 0 Å². The molecule has 0 amide bonds. The van der Waals surface area contributed by atoms with E-state index < -0.39 is 0 Å². The Hall–Kier alpha value is -1.98. The van der Waals surface area contributed by atoms with Gasteiger partial charge in [0.25, 0.3) is 0 Å². The molecule has 0 aliphatic carbocycles. The highest BCUT2D eigenvalue weighted by molar-refractivity contribution is 5.22. The fraction of sp³-hybridized carbons (Fsp3) is 0.412. The lowest BCUT2D eigenvalue weighted by Crippen LogP contribution is -2.38. The van der Waals surface area contributed by atoms with Crippen molar-refractivity contribution in [1.82, 2.24) is 19.4 Å². The molecule has 3 heterocycles. The molecule has 0 fully saturated rings. The number of nitrogens with zero attached hydrogens (tertiary/aromatic N) is 4. The van der Waals surface area contributed by atoms with Gasteiger partial charge < -0.3 is 9.30 Å². The summed E-state index contributed by atoms with van der Waals surface area (Å²) in [5.74, 6) is 0. The van der Waals surface area contributed by atoms with Gasteiger partial charge in [-0.3, -0.25) is 9.88 Å². The molecule has 0 unspecified atom stereocenters. The number of hydrogen-bond donors (Lipinski definition) is 0. The first-order valence-corrected chi connectivity index (χ1v) is 7.62. The minimum Gasteiger partial charge on any atom is -0.375 e. The Morgan fingerprint density at radius 1 is 1.41 bits per heavy atom. The van der Waals surface area contributed by atoms with E-state index in [1.807, 2.05) is 24.7 Å². The molecule has 0 radical (unpaired) electrons. The van der Waals surface area contributed by atoms with E-state index in [1.54, 1.807) is 6.08 Å². The van der Waals surface area contributed by atoms with Gasteiger partial charge in [-0.1, -0.05) is 12.1 Å². The van der Waals surface area contributed by atoms with Crippen LogP contribution in [0.4, 0.5) is 0 Å². The van der Waals surface area contributed by atoms with Gasteiger partial charge in [-0.25, -0.2) is 4.98 Å². The maximum atomic E-state index is 5.75. The molecule has 2 aromatic rings. The van der Waals surface area contributed by atoms with Gasteiger partial charge in [-0.2, -0.15) is 0 Å². The van der Waals surface area contributed by atoms with Crippen molar-refractivity contribution < 1.29 is 4.74 Å². The first-order chi connectivity index (χ1) is 10.8. The van der Waals surface area contributed by atoms with Gasteiger partial charge in [0, 0.05) is 32.8 Å². The third-order valence-electron chi connectivity index (χ3n) is 4.06. The molecule has 1 atom stereocenters. The van der Waals surface area contributed by atoms with E-state index in [4.69, 9.17) is 4.74 Å². The van der Waals surface area contributed by atoms with Crippen molar-refractivity contribution in [3.63, 3.8) is 0 Å². The fourth-order valence-electron chi connectivity index (χ4n) is 3.02. The number of aryl methyl sites for hydroxylation is 1. The number of pyridine rings is 1. The summed E-state index contributed by atoms with van der Waals surface area (Å²) in [5.41, 5.74) is 3.53. The van der Waals surface area contributed by atoms with Gasteiger partial charge in [0.15, 0.2) is 0 Å². The lowest BCUT2D eigenvalue weighted by atomic mass is 10.0. The van der Waals surface area contributed by atoms with E-state index in [0.717, 1.165) is 25.2 Å². The Balaban J connectivity index is 1.82. The second-order valence-electron chi connectivity index (χ2n) is 5.57. The van der Waals surface area contributed by atoms with Crippen LogP contribution in [0.2, 0.25) is 0 Å². The summed E-state index contributed by atoms with van der Waals surface area (Å²) < 4.78 is 7.86. The second kappa shape index (κ2) is 6.85. The van der Waals surface area contributed by atoms with Gasteiger partial charge in [-0.15, -0.1) is 6.58 Å². The topological polar surface area (TPSA) is 43.2 Å². The highest BCUT2D eigenvalue weighted by atomic mass is 16.5. The lowest BCUT2D eigenvalue weighted by molar-refractivity contribution is 0.0579. The van der Waals surface area contributed by atoms with Crippen LogP contribution >= 0.6 is 0 Å². The van der Waals surface area contributed by atoms with Gasteiger partial charge >= 0.3 is 0 Å². The van der Waals surface area contributed by atoms with E-state index in [1.165, 1.54) is 11.4 Å². The minimum absolute atomic E-state index is 0.207. The van der Waals surface area contributed by atoms with Crippen molar-refractivity contribution >= 4 is 0 Å². The molecule has 0 saturated heterocycles. The number of fused-ring (bicyclic) bond motifs is 1. The summed E-state index contributed by atoms with van der Waals surface area (Å²) in [5, 5.41) is 0. The lowest BCUT2D eigenvalue weighted by Gasteiger charge is -2.35. The first kappa shape index (κ1) is 14.9. The molecule has 1 aliphatic rings. The largest absolute Gasteiger partial charge is 0.375 e. The Bertz CT molecular complexity index is 623. The van der Waals surface area contributed by atoms with E-state index in [9.17, 15) is 0 Å². The molecular weight excluding hydrogens is 276 g/mol. The number of rotatable bonds is 6. The van der Waals surface area contributed by atoms with Gasteiger partial charge in [0.1, 0.15) is 0 Å². The Kier molecular flexibility index (Phi) is 4.65. The van der Waals surface area contributed by atoms with E-state index in [-0.39, 0.29) is 6.04 Å². The van der Waals surface area contributed by atoms with Crippen LogP contribution in [0.3, 0.4) is 0 Å². The third kappa shape index (κ3) is 3.10. The average Bonchev–Trinajstić information content (AvgIpc) is 2.92. The summed E-state index contributed by atoms with van der Waals surface area (Å²) in [4.78, 5) is 11.4. The molecule has 0 spiro atoms. The molecule has 0 saturated carbocycles. The highest BCUT2D eigenvalue weighted by Crippen LogP contribution is 2.30. The molecule has 2 aromatic heterocycles. The molecule has 0 bridgehead atoms. The summed E-state index contributed by atoms with van der Waals surface area (Å²) in [7, 11) is 2.05.